The third-order valence-electron chi connectivity index (χ3n) is 5.10. The molecule has 0 atom stereocenters. The lowest BCUT2D eigenvalue weighted by molar-refractivity contribution is 0.208. The number of hydrogen-bond donors (Lipinski definition) is 1. The Hall–Kier alpha value is -2.49. The molecule has 3 rings (SSSR count). The molecular formula is C22H29N3O. The Morgan fingerprint density at radius 2 is 1.69 bits per heavy atom. The summed E-state index contributed by atoms with van der Waals surface area (Å²) in [6.07, 6.45) is 0. The molecule has 1 heterocycles. The third-order valence-corrected chi connectivity index (χ3v) is 5.10. The summed E-state index contributed by atoms with van der Waals surface area (Å²) in [5, 5.41) is 3.11. The lowest BCUT2D eigenvalue weighted by Crippen LogP contribution is -2.50. The van der Waals surface area contributed by atoms with Gasteiger partial charge in [-0.2, -0.15) is 0 Å². The molecule has 0 spiro atoms. The van der Waals surface area contributed by atoms with E-state index < -0.39 is 0 Å². The number of hydrogen-bond acceptors (Lipinski definition) is 2. The zero-order chi connectivity index (χ0) is 18.7. The van der Waals surface area contributed by atoms with Gasteiger partial charge in [0.2, 0.25) is 0 Å². The molecule has 1 fully saturated rings. The van der Waals surface area contributed by atoms with E-state index in [1.165, 1.54) is 22.4 Å². The van der Waals surface area contributed by atoms with Gasteiger partial charge in [0.25, 0.3) is 0 Å². The maximum atomic E-state index is 12.7. The molecule has 4 heteroatoms. The predicted octanol–water partition coefficient (Wildman–Crippen LogP) is 4.78. The van der Waals surface area contributed by atoms with Crippen LogP contribution < -0.4 is 10.2 Å². The van der Waals surface area contributed by atoms with Crippen LogP contribution in [-0.4, -0.2) is 37.1 Å². The molecule has 2 aromatic carbocycles. The van der Waals surface area contributed by atoms with Crippen LogP contribution in [0.15, 0.2) is 42.5 Å². The second-order valence-electron chi connectivity index (χ2n) is 7.44. The van der Waals surface area contributed by atoms with Crippen LogP contribution in [0.3, 0.4) is 0 Å². The van der Waals surface area contributed by atoms with Crippen molar-refractivity contribution >= 4 is 17.4 Å². The molecule has 0 saturated carbocycles. The van der Waals surface area contributed by atoms with Crippen LogP contribution in [0, 0.1) is 13.8 Å². The first kappa shape index (κ1) is 18.3. The number of rotatable bonds is 3. The van der Waals surface area contributed by atoms with Gasteiger partial charge in [0.05, 0.1) is 0 Å². The highest BCUT2D eigenvalue weighted by Gasteiger charge is 2.22. The Balaban J connectivity index is 1.63. The maximum Gasteiger partial charge on any atom is 0.321 e. The first-order valence-corrected chi connectivity index (χ1v) is 9.43. The van der Waals surface area contributed by atoms with Gasteiger partial charge in [0, 0.05) is 37.6 Å². The van der Waals surface area contributed by atoms with Gasteiger partial charge in [0.1, 0.15) is 0 Å². The number of benzene rings is 2. The van der Waals surface area contributed by atoms with Gasteiger partial charge in [0.15, 0.2) is 0 Å². The van der Waals surface area contributed by atoms with Gasteiger partial charge in [-0.1, -0.05) is 44.2 Å². The molecular weight excluding hydrogens is 322 g/mol. The van der Waals surface area contributed by atoms with Gasteiger partial charge < -0.3 is 15.1 Å². The number of piperazine rings is 1. The van der Waals surface area contributed by atoms with Gasteiger partial charge in [-0.05, 0) is 48.6 Å². The summed E-state index contributed by atoms with van der Waals surface area (Å²) >= 11 is 0. The fourth-order valence-corrected chi connectivity index (χ4v) is 3.52. The Kier molecular flexibility index (Phi) is 5.50. The normalized spacial score (nSPS) is 14.7. The summed E-state index contributed by atoms with van der Waals surface area (Å²) in [5.74, 6) is 0.382. The molecule has 4 nitrogen and oxygen atoms in total. The summed E-state index contributed by atoms with van der Waals surface area (Å²) in [7, 11) is 0. The largest absolute Gasteiger partial charge is 0.368 e. The van der Waals surface area contributed by atoms with Crippen molar-refractivity contribution in [2.45, 2.75) is 33.6 Å². The molecule has 1 aliphatic heterocycles. The second-order valence-corrected chi connectivity index (χ2v) is 7.44. The zero-order valence-electron chi connectivity index (χ0n) is 16.2. The maximum absolute atomic E-state index is 12.7. The van der Waals surface area contributed by atoms with Crippen molar-refractivity contribution in [1.29, 1.82) is 0 Å². The lowest BCUT2D eigenvalue weighted by Gasteiger charge is -2.37. The number of amides is 2. The number of aryl methyl sites for hydroxylation is 2. The molecule has 0 aliphatic carbocycles. The second kappa shape index (κ2) is 7.81. The highest BCUT2D eigenvalue weighted by molar-refractivity contribution is 5.90. The highest BCUT2D eigenvalue weighted by atomic mass is 16.2. The Morgan fingerprint density at radius 1 is 1.00 bits per heavy atom. The van der Waals surface area contributed by atoms with Crippen LogP contribution in [-0.2, 0) is 0 Å². The molecule has 1 N–H and O–H groups in total. The van der Waals surface area contributed by atoms with E-state index in [4.69, 9.17) is 0 Å². The molecule has 1 aliphatic rings. The van der Waals surface area contributed by atoms with Gasteiger partial charge in [-0.15, -0.1) is 0 Å². The van der Waals surface area contributed by atoms with E-state index in [2.05, 4.69) is 62.2 Å². The number of para-hydroxylation sites is 1. The average molecular weight is 351 g/mol. The van der Waals surface area contributed by atoms with Gasteiger partial charge in [-0.25, -0.2) is 4.79 Å². The Labute approximate surface area is 156 Å². The number of carbonyl (C=O) groups is 1. The van der Waals surface area contributed by atoms with E-state index in [-0.39, 0.29) is 6.03 Å². The fraction of sp³-hybridized carbons (Fsp3) is 0.409. The average Bonchev–Trinajstić information content (AvgIpc) is 2.64. The quantitative estimate of drug-likeness (QED) is 0.864. The number of nitrogens with zero attached hydrogens (tertiary/aromatic N) is 2. The molecule has 0 bridgehead atoms. The van der Waals surface area contributed by atoms with Crippen molar-refractivity contribution in [3.8, 4) is 0 Å². The Morgan fingerprint density at radius 3 is 2.38 bits per heavy atom. The van der Waals surface area contributed by atoms with Crippen molar-refractivity contribution in [2.75, 3.05) is 36.4 Å². The standard InChI is InChI=1S/C22H29N3O/c1-16(2)19-7-5-6-8-20(19)23-22(26)25-13-11-24(12-14-25)21-15-17(3)9-10-18(21)4/h5-10,15-16H,11-14H2,1-4H3,(H,23,26). The monoisotopic (exact) mass is 351 g/mol. The van der Waals surface area contributed by atoms with E-state index >= 15 is 0 Å². The van der Waals surface area contributed by atoms with E-state index in [1.807, 2.05) is 23.1 Å². The van der Waals surface area contributed by atoms with Crippen molar-refractivity contribution < 1.29 is 4.79 Å². The first-order chi connectivity index (χ1) is 12.5. The van der Waals surface area contributed by atoms with E-state index in [1.54, 1.807) is 0 Å². The van der Waals surface area contributed by atoms with Crippen molar-refractivity contribution in [2.24, 2.45) is 0 Å². The highest BCUT2D eigenvalue weighted by Crippen LogP contribution is 2.25. The molecule has 0 radical (unpaired) electrons. The summed E-state index contributed by atoms with van der Waals surface area (Å²) < 4.78 is 0. The molecule has 1 saturated heterocycles. The summed E-state index contributed by atoms with van der Waals surface area (Å²) in [6, 6.07) is 14.6. The van der Waals surface area contributed by atoms with Crippen molar-refractivity contribution in [1.82, 2.24) is 4.90 Å². The van der Waals surface area contributed by atoms with Crippen molar-refractivity contribution in [3.63, 3.8) is 0 Å². The number of carbonyl (C=O) groups excluding carboxylic acids is 1. The smallest absolute Gasteiger partial charge is 0.321 e. The van der Waals surface area contributed by atoms with Crippen molar-refractivity contribution in [3.05, 3.63) is 59.2 Å². The van der Waals surface area contributed by atoms with Gasteiger partial charge in [-0.3, -0.25) is 0 Å². The van der Waals surface area contributed by atoms with Crippen LogP contribution in [0.25, 0.3) is 0 Å². The van der Waals surface area contributed by atoms with Crippen LogP contribution in [0.4, 0.5) is 16.2 Å². The van der Waals surface area contributed by atoms with Crippen LogP contribution in [0.2, 0.25) is 0 Å². The fourth-order valence-electron chi connectivity index (χ4n) is 3.52. The van der Waals surface area contributed by atoms with E-state index in [0.29, 0.717) is 5.92 Å². The molecule has 2 aromatic rings. The SMILES string of the molecule is Cc1ccc(C)c(N2CCN(C(=O)Nc3ccccc3C(C)C)CC2)c1. The van der Waals surface area contributed by atoms with Crippen LogP contribution in [0.1, 0.15) is 36.5 Å². The number of anilines is 2. The minimum absolute atomic E-state index is 0.00119. The third kappa shape index (κ3) is 4.01. The molecule has 138 valence electrons. The number of urea groups is 1. The molecule has 0 aromatic heterocycles. The summed E-state index contributed by atoms with van der Waals surface area (Å²) in [5.41, 5.74) is 5.95. The summed E-state index contributed by atoms with van der Waals surface area (Å²) in [6.45, 7) is 11.8. The Bertz CT molecular complexity index is 777. The topological polar surface area (TPSA) is 35.6 Å². The van der Waals surface area contributed by atoms with Crippen LogP contribution in [0.5, 0.6) is 0 Å². The minimum Gasteiger partial charge on any atom is -0.368 e. The van der Waals surface area contributed by atoms with Gasteiger partial charge >= 0.3 is 6.03 Å². The first-order valence-electron chi connectivity index (χ1n) is 9.43. The number of nitrogens with one attached hydrogen (secondary N) is 1. The molecule has 0 unspecified atom stereocenters. The zero-order valence-corrected chi connectivity index (χ0v) is 16.2. The minimum atomic E-state index is -0.00119. The van der Waals surface area contributed by atoms with Crippen LogP contribution >= 0.6 is 0 Å². The summed E-state index contributed by atoms with van der Waals surface area (Å²) in [4.78, 5) is 17.0. The predicted molar refractivity (Wildman–Crippen MR) is 109 cm³/mol. The van der Waals surface area contributed by atoms with E-state index in [9.17, 15) is 4.79 Å². The molecule has 26 heavy (non-hydrogen) atoms. The molecule has 2 amide bonds. The van der Waals surface area contributed by atoms with E-state index in [0.717, 1.165) is 31.9 Å². The lowest BCUT2D eigenvalue weighted by atomic mass is 10.0.